The summed E-state index contributed by atoms with van der Waals surface area (Å²) in [5.74, 6) is 0.0537. The van der Waals surface area contributed by atoms with Crippen LogP contribution in [0.1, 0.15) is 32.3 Å². The molecule has 0 heterocycles. The Kier molecular flexibility index (Phi) is 7.29. The molecule has 0 bridgehead atoms. The minimum Gasteiger partial charge on any atom is -0.399 e. The zero-order chi connectivity index (χ0) is 15.7. The van der Waals surface area contributed by atoms with Crippen LogP contribution in [0.3, 0.4) is 0 Å². The van der Waals surface area contributed by atoms with Gasteiger partial charge in [0.2, 0.25) is 11.8 Å². The van der Waals surface area contributed by atoms with Gasteiger partial charge in [0.25, 0.3) is 0 Å². The van der Waals surface area contributed by atoms with Crippen LogP contribution in [0.4, 0.5) is 5.69 Å². The number of rotatable bonds is 8. The molecule has 0 unspecified atom stereocenters. The van der Waals surface area contributed by atoms with Crippen molar-refractivity contribution < 1.29 is 9.59 Å². The van der Waals surface area contributed by atoms with Crippen LogP contribution in [-0.4, -0.2) is 36.3 Å². The van der Waals surface area contributed by atoms with E-state index in [2.05, 4.69) is 5.32 Å². The van der Waals surface area contributed by atoms with E-state index in [4.69, 9.17) is 5.73 Å². The lowest BCUT2D eigenvalue weighted by Crippen LogP contribution is -2.34. The van der Waals surface area contributed by atoms with E-state index in [1.807, 2.05) is 38.1 Å². The number of benzene rings is 1. The number of nitrogens with zero attached hydrogens (tertiary/aromatic N) is 1. The predicted octanol–water partition coefficient (Wildman–Crippen LogP) is 1.58. The molecule has 0 aliphatic heterocycles. The monoisotopic (exact) mass is 291 g/mol. The lowest BCUT2D eigenvalue weighted by molar-refractivity contribution is -0.130. The van der Waals surface area contributed by atoms with E-state index in [1.165, 1.54) is 0 Å². The summed E-state index contributed by atoms with van der Waals surface area (Å²) in [4.78, 5) is 25.2. The van der Waals surface area contributed by atoms with Crippen molar-refractivity contribution in [2.45, 2.75) is 33.1 Å². The molecule has 0 spiro atoms. The quantitative estimate of drug-likeness (QED) is 0.714. The predicted molar refractivity (Wildman–Crippen MR) is 84.7 cm³/mol. The molecule has 0 aliphatic carbocycles. The number of carbonyl (C=O) groups excluding carboxylic acids is 2. The molecular formula is C16H25N3O2. The number of hydrogen-bond donors (Lipinski definition) is 2. The Bertz CT molecular complexity index is 453. The molecule has 3 N–H and O–H groups in total. The molecule has 0 fully saturated rings. The molecule has 0 atom stereocenters. The van der Waals surface area contributed by atoms with Gasteiger partial charge in [-0.15, -0.1) is 0 Å². The van der Waals surface area contributed by atoms with Gasteiger partial charge < -0.3 is 16.0 Å². The van der Waals surface area contributed by atoms with Gasteiger partial charge in [-0.25, -0.2) is 0 Å². The summed E-state index contributed by atoms with van der Waals surface area (Å²) in [5, 5.41) is 2.79. The second-order valence-corrected chi connectivity index (χ2v) is 4.91. The third kappa shape index (κ3) is 6.29. The highest BCUT2D eigenvalue weighted by Gasteiger charge is 2.09. The Hall–Kier alpha value is -2.04. The summed E-state index contributed by atoms with van der Waals surface area (Å²) in [6.45, 7) is 5.72. The number of anilines is 1. The molecule has 0 saturated heterocycles. The minimum atomic E-state index is -0.0285. The van der Waals surface area contributed by atoms with Crippen molar-refractivity contribution >= 4 is 17.5 Å². The first-order chi connectivity index (χ1) is 10.1. The summed E-state index contributed by atoms with van der Waals surface area (Å²) in [6.07, 6.45) is 1.45. The highest BCUT2D eigenvalue weighted by Crippen LogP contribution is 2.07. The number of nitrogens with two attached hydrogens (primary N) is 1. The molecule has 0 saturated carbocycles. The van der Waals surface area contributed by atoms with Gasteiger partial charge in [0.15, 0.2) is 0 Å². The average molecular weight is 291 g/mol. The van der Waals surface area contributed by atoms with E-state index in [9.17, 15) is 9.59 Å². The van der Waals surface area contributed by atoms with Crippen LogP contribution < -0.4 is 11.1 Å². The normalized spacial score (nSPS) is 10.2. The minimum absolute atomic E-state index is 0.0285. The maximum Gasteiger partial charge on any atom is 0.224 e. The van der Waals surface area contributed by atoms with E-state index < -0.39 is 0 Å². The number of amides is 2. The molecule has 2 amide bonds. The fourth-order valence-electron chi connectivity index (χ4n) is 2.07. The molecule has 1 rings (SSSR count). The van der Waals surface area contributed by atoms with Gasteiger partial charge in [-0.1, -0.05) is 12.1 Å². The molecule has 5 heteroatoms. The van der Waals surface area contributed by atoms with Gasteiger partial charge in [0, 0.05) is 38.2 Å². The number of carbonyl (C=O) groups is 2. The van der Waals surface area contributed by atoms with E-state index in [0.717, 1.165) is 11.3 Å². The first-order valence-electron chi connectivity index (χ1n) is 7.45. The van der Waals surface area contributed by atoms with Crippen molar-refractivity contribution in [3.8, 4) is 0 Å². The molecular weight excluding hydrogens is 266 g/mol. The average Bonchev–Trinajstić information content (AvgIpc) is 2.48. The Morgan fingerprint density at radius 1 is 1.10 bits per heavy atom. The van der Waals surface area contributed by atoms with Gasteiger partial charge in [-0.3, -0.25) is 9.59 Å². The zero-order valence-electron chi connectivity index (χ0n) is 12.9. The summed E-state index contributed by atoms with van der Waals surface area (Å²) >= 11 is 0. The van der Waals surface area contributed by atoms with E-state index in [-0.39, 0.29) is 11.8 Å². The van der Waals surface area contributed by atoms with Gasteiger partial charge in [-0.05, 0) is 38.0 Å². The molecule has 5 nitrogen and oxygen atoms in total. The summed E-state index contributed by atoms with van der Waals surface area (Å²) in [5.41, 5.74) is 7.41. The third-order valence-electron chi connectivity index (χ3n) is 3.40. The van der Waals surface area contributed by atoms with Gasteiger partial charge in [0.05, 0.1) is 0 Å². The first kappa shape index (κ1) is 17.0. The van der Waals surface area contributed by atoms with Gasteiger partial charge >= 0.3 is 0 Å². The van der Waals surface area contributed by atoms with Crippen LogP contribution in [0, 0.1) is 0 Å². The standard InChI is InChI=1S/C16H25N3O2/c1-3-19(4-2)16(21)11-12-18-15(20)10-7-13-5-8-14(17)9-6-13/h5-6,8-9H,3-4,7,10-12,17H2,1-2H3,(H,18,20). The van der Waals surface area contributed by atoms with Crippen molar-refractivity contribution in [1.82, 2.24) is 10.2 Å². The van der Waals surface area contributed by atoms with Crippen LogP contribution in [0.25, 0.3) is 0 Å². The maximum absolute atomic E-state index is 11.8. The summed E-state index contributed by atoms with van der Waals surface area (Å²) < 4.78 is 0. The molecule has 0 radical (unpaired) electrons. The summed E-state index contributed by atoms with van der Waals surface area (Å²) in [7, 11) is 0. The van der Waals surface area contributed by atoms with Gasteiger partial charge in [0.1, 0.15) is 0 Å². The largest absolute Gasteiger partial charge is 0.399 e. The highest BCUT2D eigenvalue weighted by atomic mass is 16.2. The molecule has 116 valence electrons. The van der Waals surface area contributed by atoms with Crippen LogP contribution in [0.15, 0.2) is 24.3 Å². The third-order valence-corrected chi connectivity index (χ3v) is 3.40. The van der Waals surface area contributed by atoms with Crippen LogP contribution in [-0.2, 0) is 16.0 Å². The topological polar surface area (TPSA) is 75.4 Å². The first-order valence-corrected chi connectivity index (χ1v) is 7.45. The SMILES string of the molecule is CCN(CC)C(=O)CCNC(=O)CCc1ccc(N)cc1. The fraction of sp³-hybridized carbons (Fsp3) is 0.500. The fourth-order valence-corrected chi connectivity index (χ4v) is 2.07. The molecule has 1 aromatic carbocycles. The van der Waals surface area contributed by atoms with E-state index >= 15 is 0 Å². The molecule has 0 aromatic heterocycles. The number of nitrogen functional groups attached to an aromatic ring is 1. The number of aryl methyl sites for hydroxylation is 1. The van der Waals surface area contributed by atoms with E-state index in [0.29, 0.717) is 38.9 Å². The van der Waals surface area contributed by atoms with E-state index in [1.54, 1.807) is 4.90 Å². The summed E-state index contributed by atoms with van der Waals surface area (Å²) in [6, 6.07) is 7.50. The zero-order valence-corrected chi connectivity index (χ0v) is 12.9. The van der Waals surface area contributed by atoms with Crippen molar-refractivity contribution in [1.29, 1.82) is 0 Å². The molecule has 21 heavy (non-hydrogen) atoms. The van der Waals surface area contributed by atoms with Gasteiger partial charge in [-0.2, -0.15) is 0 Å². The Balaban J connectivity index is 2.22. The second-order valence-electron chi connectivity index (χ2n) is 4.91. The van der Waals surface area contributed by atoms with Crippen molar-refractivity contribution in [3.63, 3.8) is 0 Å². The molecule has 1 aromatic rings. The Morgan fingerprint density at radius 3 is 2.29 bits per heavy atom. The lowest BCUT2D eigenvalue weighted by atomic mass is 10.1. The van der Waals surface area contributed by atoms with Crippen molar-refractivity contribution in [2.75, 3.05) is 25.4 Å². The Morgan fingerprint density at radius 2 is 1.71 bits per heavy atom. The van der Waals surface area contributed by atoms with Crippen molar-refractivity contribution in [2.24, 2.45) is 0 Å². The highest BCUT2D eigenvalue weighted by molar-refractivity contribution is 5.79. The second kappa shape index (κ2) is 9.00. The number of hydrogen-bond acceptors (Lipinski definition) is 3. The maximum atomic E-state index is 11.8. The molecule has 0 aliphatic rings. The van der Waals surface area contributed by atoms with Crippen LogP contribution in [0.5, 0.6) is 0 Å². The lowest BCUT2D eigenvalue weighted by Gasteiger charge is -2.18. The number of nitrogens with one attached hydrogen (secondary N) is 1. The van der Waals surface area contributed by atoms with Crippen molar-refractivity contribution in [3.05, 3.63) is 29.8 Å². The Labute approximate surface area is 126 Å². The van der Waals surface area contributed by atoms with Crippen LogP contribution in [0.2, 0.25) is 0 Å². The van der Waals surface area contributed by atoms with Crippen LogP contribution >= 0.6 is 0 Å². The smallest absolute Gasteiger partial charge is 0.224 e.